The summed E-state index contributed by atoms with van der Waals surface area (Å²) in [6, 6.07) is 3.20. The predicted molar refractivity (Wildman–Crippen MR) is 72.5 cm³/mol. The molecular formula is C14H19F2NO5. The largest absolute Gasteiger partial charge is 0.396 e. The minimum Gasteiger partial charge on any atom is -0.396 e. The Hall–Kier alpha value is -1.61. The van der Waals surface area contributed by atoms with E-state index < -0.39 is 54.9 Å². The second-order valence-corrected chi connectivity index (χ2v) is 5.00. The number of aliphatic hydroxyl groups excluding tert-OH is 4. The van der Waals surface area contributed by atoms with E-state index in [0.717, 1.165) is 12.1 Å². The zero-order chi connectivity index (χ0) is 16.9. The summed E-state index contributed by atoms with van der Waals surface area (Å²) in [5, 5.41) is 39.8. The first-order chi connectivity index (χ1) is 10.3. The van der Waals surface area contributed by atoms with Gasteiger partial charge in [-0.1, -0.05) is 13.0 Å². The van der Waals surface area contributed by atoms with Crippen molar-refractivity contribution >= 4 is 5.91 Å². The molecule has 5 N–H and O–H groups in total. The Morgan fingerprint density at radius 3 is 2.23 bits per heavy atom. The molecule has 1 amide bonds. The van der Waals surface area contributed by atoms with Crippen LogP contribution in [0, 0.1) is 17.6 Å². The van der Waals surface area contributed by atoms with Gasteiger partial charge in [-0.05, 0) is 12.1 Å². The standard InChI is InChI=1S/C14H19F2NO5/c1-7(6-18)11(19)12(20)13(21)14(22)17-5-8-9(15)3-2-4-10(8)16/h2-4,7,11-13,18-21H,5-6H2,1H3,(H,17,22)/t7-,11-,12+,13-/m1/s1. The minimum atomic E-state index is -2.00. The van der Waals surface area contributed by atoms with Gasteiger partial charge in [0.1, 0.15) is 17.7 Å². The number of aliphatic hydroxyl groups is 4. The fourth-order valence-electron chi connectivity index (χ4n) is 1.77. The third-order valence-electron chi connectivity index (χ3n) is 3.31. The van der Waals surface area contributed by atoms with E-state index in [1.54, 1.807) is 0 Å². The summed E-state index contributed by atoms with van der Waals surface area (Å²) >= 11 is 0. The molecular weight excluding hydrogens is 300 g/mol. The molecule has 0 spiro atoms. The molecule has 1 rings (SSSR count). The maximum Gasteiger partial charge on any atom is 0.251 e. The number of amides is 1. The maximum atomic E-state index is 13.4. The Morgan fingerprint density at radius 2 is 1.73 bits per heavy atom. The van der Waals surface area contributed by atoms with Crippen LogP contribution >= 0.6 is 0 Å². The highest BCUT2D eigenvalue weighted by molar-refractivity contribution is 5.81. The van der Waals surface area contributed by atoms with Crippen molar-refractivity contribution in [2.75, 3.05) is 6.61 Å². The van der Waals surface area contributed by atoms with Crippen LogP contribution in [0.3, 0.4) is 0 Å². The van der Waals surface area contributed by atoms with E-state index in [-0.39, 0.29) is 5.56 Å². The van der Waals surface area contributed by atoms with E-state index in [4.69, 9.17) is 5.11 Å². The van der Waals surface area contributed by atoms with Crippen molar-refractivity contribution in [2.45, 2.75) is 31.8 Å². The average molecular weight is 319 g/mol. The smallest absolute Gasteiger partial charge is 0.251 e. The fourth-order valence-corrected chi connectivity index (χ4v) is 1.77. The number of benzene rings is 1. The van der Waals surface area contributed by atoms with E-state index in [9.17, 15) is 28.9 Å². The Bertz CT molecular complexity index is 494. The third-order valence-corrected chi connectivity index (χ3v) is 3.31. The van der Waals surface area contributed by atoms with Crippen LogP contribution in [0.2, 0.25) is 0 Å². The molecule has 124 valence electrons. The summed E-state index contributed by atoms with van der Waals surface area (Å²) in [5.41, 5.74) is -0.387. The molecule has 0 aliphatic carbocycles. The molecule has 4 atom stereocenters. The zero-order valence-corrected chi connectivity index (χ0v) is 11.9. The van der Waals surface area contributed by atoms with Crippen LogP contribution in [-0.2, 0) is 11.3 Å². The first-order valence-corrected chi connectivity index (χ1v) is 6.65. The molecule has 0 aromatic heterocycles. The Kier molecular flexibility index (Phi) is 6.82. The van der Waals surface area contributed by atoms with Crippen molar-refractivity contribution in [2.24, 2.45) is 5.92 Å². The van der Waals surface area contributed by atoms with E-state index in [2.05, 4.69) is 5.32 Å². The lowest BCUT2D eigenvalue weighted by Crippen LogP contribution is -2.49. The molecule has 0 heterocycles. The lowest BCUT2D eigenvalue weighted by atomic mass is 9.96. The number of hydrogen-bond donors (Lipinski definition) is 5. The Morgan fingerprint density at radius 1 is 1.18 bits per heavy atom. The van der Waals surface area contributed by atoms with Gasteiger partial charge in [0, 0.05) is 24.6 Å². The second kappa shape index (κ2) is 8.14. The Balaban J connectivity index is 2.65. The summed E-state index contributed by atoms with van der Waals surface area (Å²) in [7, 11) is 0. The van der Waals surface area contributed by atoms with Crippen LogP contribution in [0.25, 0.3) is 0 Å². The van der Waals surface area contributed by atoms with Crippen molar-refractivity contribution in [3.05, 3.63) is 35.4 Å². The summed E-state index contributed by atoms with van der Waals surface area (Å²) in [6.45, 7) is 0.438. The molecule has 0 saturated heterocycles. The van der Waals surface area contributed by atoms with Crippen LogP contribution in [-0.4, -0.2) is 51.3 Å². The molecule has 0 aliphatic heterocycles. The average Bonchev–Trinajstić information content (AvgIpc) is 2.51. The van der Waals surface area contributed by atoms with Gasteiger partial charge in [-0.15, -0.1) is 0 Å². The number of hydrogen-bond acceptors (Lipinski definition) is 5. The van der Waals surface area contributed by atoms with Gasteiger partial charge in [0.05, 0.1) is 6.10 Å². The van der Waals surface area contributed by atoms with Gasteiger partial charge >= 0.3 is 0 Å². The molecule has 0 fully saturated rings. The number of halogens is 2. The molecule has 8 heteroatoms. The highest BCUT2D eigenvalue weighted by atomic mass is 19.1. The van der Waals surface area contributed by atoms with Crippen LogP contribution in [0.5, 0.6) is 0 Å². The highest BCUT2D eigenvalue weighted by Gasteiger charge is 2.33. The van der Waals surface area contributed by atoms with Gasteiger partial charge in [-0.25, -0.2) is 8.78 Å². The number of carbonyl (C=O) groups is 1. The van der Waals surface area contributed by atoms with Gasteiger partial charge in [-0.3, -0.25) is 4.79 Å². The van der Waals surface area contributed by atoms with Gasteiger partial charge in [0.2, 0.25) is 0 Å². The van der Waals surface area contributed by atoms with Crippen LogP contribution in [0.4, 0.5) is 8.78 Å². The molecule has 6 nitrogen and oxygen atoms in total. The molecule has 1 aromatic carbocycles. The van der Waals surface area contributed by atoms with E-state index in [0.29, 0.717) is 0 Å². The summed E-state index contributed by atoms with van der Waals surface area (Å²) in [5.74, 6) is -3.57. The molecule has 0 bridgehead atoms. The van der Waals surface area contributed by atoms with Gasteiger partial charge < -0.3 is 25.7 Å². The van der Waals surface area contributed by atoms with Gasteiger partial charge in [0.25, 0.3) is 5.91 Å². The number of nitrogens with one attached hydrogen (secondary N) is 1. The van der Waals surface area contributed by atoms with Crippen LogP contribution in [0.15, 0.2) is 18.2 Å². The number of carbonyl (C=O) groups excluding carboxylic acids is 1. The lowest BCUT2D eigenvalue weighted by molar-refractivity contribution is -0.144. The molecule has 1 aromatic rings. The van der Waals surface area contributed by atoms with Crippen molar-refractivity contribution < 1.29 is 34.0 Å². The minimum absolute atomic E-state index is 0.387. The molecule has 0 aliphatic rings. The first-order valence-electron chi connectivity index (χ1n) is 6.65. The van der Waals surface area contributed by atoms with Crippen molar-refractivity contribution in [3.8, 4) is 0 Å². The first kappa shape index (κ1) is 18.4. The molecule has 0 unspecified atom stereocenters. The maximum absolute atomic E-state index is 13.4. The lowest BCUT2D eigenvalue weighted by Gasteiger charge is -2.25. The highest BCUT2D eigenvalue weighted by Crippen LogP contribution is 2.13. The van der Waals surface area contributed by atoms with Crippen molar-refractivity contribution in [1.29, 1.82) is 0 Å². The topological polar surface area (TPSA) is 110 Å². The molecule has 0 saturated carbocycles. The Labute approximate surface area is 126 Å². The monoisotopic (exact) mass is 319 g/mol. The summed E-state index contributed by atoms with van der Waals surface area (Å²) in [6.07, 6.45) is -5.37. The third kappa shape index (κ3) is 4.44. The van der Waals surface area contributed by atoms with Crippen LogP contribution in [0.1, 0.15) is 12.5 Å². The predicted octanol–water partition coefficient (Wildman–Crippen LogP) is -0.708. The van der Waals surface area contributed by atoms with E-state index >= 15 is 0 Å². The summed E-state index contributed by atoms with van der Waals surface area (Å²) < 4.78 is 26.7. The second-order valence-electron chi connectivity index (χ2n) is 5.00. The SMILES string of the molecule is C[C@H](CO)[C@@H](O)[C@H](O)[C@@H](O)C(=O)NCc1c(F)cccc1F. The van der Waals surface area contributed by atoms with Gasteiger partial charge in [0.15, 0.2) is 6.10 Å². The normalized spacial score (nSPS) is 16.7. The van der Waals surface area contributed by atoms with Crippen molar-refractivity contribution in [3.63, 3.8) is 0 Å². The zero-order valence-electron chi connectivity index (χ0n) is 11.9. The van der Waals surface area contributed by atoms with Crippen LogP contribution < -0.4 is 5.32 Å². The number of rotatable bonds is 7. The molecule has 22 heavy (non-hydrogen) atoms. The van der Waals surface area contributed by atoms with E-state index in [1.807, 2.05) is 0 Å². The molecule has 0 radical (unpaired) electrons. The van der Waals surface area contributed by atoms with Gasteiger partial charge in [-0.2, -0.15) is 0 Å². The quantitative estimate of drug-likeness (QED) is 0.456. The fraction of sp³-hybridized carbons (Fsp3) is 0.500. The summed E-state index contributed by atoms with van der Waals surface area (Å²) in [4.78, 5) is 11.7. The van der Waals surface area contributed by atoms with Crippen molar-refractivity contribution in [1.82, 2.24) is 5.32 Å². The van der Waals surface area contributed by atoms with E-state index in [1.165, 1.54) is 13.0 Å².